The molecule has 1 aromatic carbocycles. The monoisotopic (exact) mass is 308 g/mol. The van der Waals surface area contributed by atoms with E-state index >= 15 is 0 Å². The second-order valence-electron chi connectivity index (χ2n) is 3.86. The van der Waals surface area contributed by atoms with Crippen molar-refractivity contribution in [2.75, 3.05) is 30.4 Å². The normalized spacial score (nSPS) is 12.3. The predicted octanol–water partition coefficient (Wildman–Crippen LogP) is -1.12. The Morgan fingerprint density at radius 1 is 1.16 bits per heavy atom. The molecule has 0 amide bonds. The van der Waals surface area contributed by atoms with E-state index in [1.165, 1.54) is 12.1 Å². The van der Waals surface area contributed by atoms with Crippen molar-refractivity contribution >= 4 is 31.4 Å². The number of benzene rings is 1. The van der Waals surface area contributed by atoms with Gasteiger partial charge in [0.15, 0.2) is 0 Å². The molecule has 8 nitrogen and oxygen atoms in total. The summed E-state index contributed by atoms with van der Waals surface area (Å²) in [6.45, 7) is 0.406. The second-order valence-corrected chi connectivity index (χ2v) is 7.22. The lowest BCUT2D eigenvalue weighted by Crippen LogP contribution is -2.27. The van der Waals surface area contributed by atoms with Gasteiger partial charge in [-0.15, -0.1) is 0 Å². The number of para-hydroxylation sites is 1. The van der Waals surface area contributed by atoms with Crippen LogP contribution < -0.4 is 20.9 Å². The molecule has 0 aliphatic rings. The van der Waals surface area contributed by atoms with E-state index in [1.54, 1.807) is 6.07 Å². The molecule has 0 radical (unpaired) electrons. The Morgan fingerprint density at radius 3 is 2.32 bits per heavy atom. The van der Waals surface area contributed by atoms with Crippen LogP contribution >= 0.6 is 0 Å². The Balaban J connectivity index is 2.76. The van der Waals surface area contributed by atoms with Crippen molar-refractivity contribution in [3.63, 3.8) is 0 Å². The number of sulfonamides is 2. The van der Waals surface area contributed by atoms with Crippen LogP contribution in [0, 0.1) is 0 Å². The molecule has 0 spiro atoms. The summed E-state index contributed by atoms with van der Waals surface area (Å²) in [7, 11) is -7.14. The number of nitrogen functional groups attached to an aromatic ring is 1. The number of anilines is 2. The molecule has 0 aromatic heterocycles. The second kappa shape index (κ2) is 5.74. The summed E-state index contributed by atoms with van der Waals surface area (Å²) in [6, 6.07) is 4.36. The smallest absolute Gasteiger partial charge is 0.240 e. The van der Waals surface area contributed by atoms with Crippen LogP contribution in [0.4, 0.5) is 11.4 Å². The molecule has 6 N–H and O–H groups in total. The summed E-state index contributed by atoms with van der Waals surface area (Å²) >= 11 is 0. The first kappa shape index (κ1) is 15.7. The first-order valence-electron chi connectivity index (χ1n) is 5.21. The quantitative estimate of drug-likeness (QED) is 0.387. The third kappa shape index (κ3) is 5.03. The molecule has 0 saturated carbocycles. The summed E-state index contributed by atoms with van der Waals surface area (Å²) in [4.78, 5) is -0.173. The highest BCUT2D eigenvalue weighted by molar-refractivity contribution is 7.89. The number of rotatable bonds is 6. The summed E-state index contributed by atoms with van der Waals surface area (Å²) in [5.41, 5.74) is 6.06. The first-order valence-corrected chi connectivity index (χ1v) is 8.65. The molecule has 0 saturated heterocycles. The third-order valence-corrected chi connectivity index (χ3v) is 3.87. The maximum absolute atomic E-state index is 11.2. The van der Waals surface area contributed by atoms with Gasteiger partial charge in [0.2, 0.25) is 20.0 Å². The number of nitrogens with one attached hydrogen (secondary N) is 2. The van der Waals surface area contributed by atoms with Gasteiger partial charge < -0.3 is 11.1 Å². The summed E-state index contributed by atoms with van der Waals surface area (Å²) < 4.78 is 46.4. The zero-order chi connectivity index (χ0) is 14.7. The lowest BCUT2D eigenvalue weighted by Gasteiger charge is -2.11. The largest absolute Gasteiger partial charge is 0.396 e. The van der Waals surface area contributed by atoms with Gasteiger partial charge in [-0.05, 0) is 12.1 Å². The van der Waals surface area contributed by atoms with Crippen LogP contribution in [-0.4, -0.2) is 36.2 Å². The van der Waals surface area contributed by atoms with E-state index in [1.807, 2.05) is 0 Å². The van der Waals surface area contributed by atoms with E-state index in [2.05, 4.69) is 10.0 Å². The van der Waals surface area contributed by atoms with Gasteiger partial charge in [-0.25, -0.2) is 26.7 Å². The van der Waals surface area contributed by atoms with Crippen LogP contribution in [0.5, 0.6) is 0 Å². The van der Waals surface area contributed by atoms with Crippen molar-refractivity contribution < 1.29 is 16.8 Å². The lowest BCUT2D eigenvalue weighted by atomic mass is 10.2. The Hall–Kier alpha value is -1.36. The summed E-state index contributed by atoms with van der Waals surface area (Å²) in [5.74, 6) is 0. The zero-order valence-electron chi connectivity index (χ0n) is 10.3. The average Bonchev–Trinajstić information content (AvgIpc) is 2.23. The standard InChI is InChI=1S/C9H16N4O4S2/c1-18(14,15)13-6-5-12-7-3-2-4-8(9(7)10)19(11,16)17/h2-4,12-13H,5-6,10H2,1H3,(H2,11,16,17). The van der Waals surface area contributed by atoms with Crippen molar-refractivity contribution in [1.29, 1.82) is 0 Å². The molecule has 0 fully saturated rings. The van der Waals surface area contributed by atoms with Gasteiger partial charge in [-0.3, -0.25) is 0 Å². The van der Waals surface area contributed by atoms with Gasteiger partial charge in [-0.1, -0.05) is 6.07 Å². The van der Waals surface area contributed by atoms with Crippen molar-refractivity contribution in [1.82, 2.24) is 4.72 Å². The van der Waals surface area contributed by atoms with E-state index in [0.29, 0.717) is 5.69 Å². The first-order chi connectivity index (χ1) is 8.61. The predicted molar refractivity (Wildman–Crippen MR) is 73.6 cm³/mol. The Kier molecular flexibility index (Phi) is 4.74. The van der Waals surface area contributed by atoms with E-state index in [9.17, 15) is 16.8 Å². The SMILES string of the molecule is CS(=O)(=O)NCCNc1cccc(S(N)(=O)=O)c1N. The Bertz CT molecular complexity index is 655. The van der Waals surface area contributed by atoms with Crippen molar-refractivity contribution in [3.8, 4) is 0 Å². The minimum absolute atomic E-state index is 0.00403. The Labute approximate surface area is 112 Å². The summed E-state index contributed by atoms with van der Waals surface area (Å²) in [5, 5.41) is 7.84. The maximum Gasteiger partial charge on any atom is 0.240 e. The highest BCUT2D eigenvalue weighted by Gasteiger charge is 2.14. The summed E-state index contributed by atoms with van der Waals surface area (Å²) in [6.07, 6.45) is 1.04. The van der Waals surface area contributed by atoms with Gasteiger partial charge in [0.05, 0.1) is 17.6 Å². The lowest BCUT2D eigenvalue weighted by molar-refractivity contribution is 0.589. The molecule has 0 heterocycles. The number of hydrogen-bond acceptors (Lipinski definition) is 6. The topological polar surface area (TPSA) is 144 Å². The Morgan fingerprint density at radius 2 is 1.79 bits per heavy atom. The molecule has 1 rings (SSSR count). The van der Waals surface area contributed by atoms with Gasteiger partial charge in [-0.2, -0.15) is 0 Å². The molecule has 0 atom stereocenters. The molecule has 0 aliphatic carbocycles. The fourth-order valence-corrected chi connectivity index (χ4v) is 2.54. The number of primary sulfonamides is 1. The molecular formula is C9H16N4O4S2. The minimum atomic E-state index is -3.89. The van der Waals surface area contributed by atoms with Gasteiger partial charge >= 0.3 is 0 Å². The molecule has 1 aromatic rings. The molecular weight excluding hydrogens is 292 g/mol. The van der Waals surface area contributed by atoms with Crippen molar-refractivity contribution in [2.24, 2.45) is 5.14 Å². The molecule has 0 aliphatic heterocycles. The fourth-order valence-electron chi connectivity index (χ4n) is 1.38. The van der Waals surface area contributed by atoms with Gasteiger partial charge in [0.25, 0.3) is 0 Å². The van der Waals surface area contributed by atoms with Crippen LogP contribution in [0.15, 0.2) is 23.1 Å². The van der Waals surface area contributed by atoms with E-state index in [-0.39, 0.29) is 23.7 Å². The van der Waals surface area contributed by atoms with Crippen LogP contribution in [-0.2, 0) is 20.0 Å². The van der Waals surface area contributed by atoms with E-state index in [4.69, 9.17) is 10.9 Å². The molecule has 0 unspecified atom stereocenters. The van der Waals surface area contributed by atoms with E-state index < -0.39 is 20.0 Å². The van der Waals surface area contributed by atoms with Crippen LogP contribution in [0.3, 0.4) is 0 Å². The highest BCUT2D eigenvalue weighted by Crippen LogP contribution is 2.25. The molecule has 19 heavy (non-hydrogen) atoms. The van der Waals surface area contributed by atoms with Crippen LogP contribution in [0.25, 0.3) is 0 Å². The van der Waals surface area contributed by atoms with Gasteiger partial charge in [0.1, 0.15) is 4.90 Å². The van der Waals surface area contributed by atoms with E-state index in [0.717, 1.165) is 6.26 Å². The maximum atomic E-state index is 11.2. The molecule has 0 bridgehead atoms. The molecule has 10 heteroatoms. The minimum Gasteiger partial charge on any atom is -0.396 e. The molecule has 108 valence electrons. The van der Waals surface area contributed by atoms with Crippen molar-refractivity contribution in [2.45, 2.75) is 4.90 Å². The van der Waals surface area contributed by atoms with Gasteiger partial charge in [0, 0.05) is 13.1 Å². The van der Waals surface area contributed by atoms with Crippen LogP contribution in [0.1, 0.15) is 0 Å². The van der Waals surface area contributed by atoms with Crippen LogP contribution in [0.2, 0.25) is 0 Å². The fraction of sp³-hybridized carbons (Fsp3) is 0.333. The average molecular weight is 308 g/mol. The number of hydrogen-bond donors (Lipinski definition) is 4. The third-order valence-electron chi connectivity index (χ3n) is 2.18. The number of nitrogens with two attached hydrogens (primary N) is 2. The zero-order valence-corrected chi connectivity index (χ0v) is 11.9. The highest BCUT2D eigenvalue weighted by atomic mass is 32.2. The van der Waals surface area contributed by atoms with Crippen molar-refractivity contribution in [3.05, 3.63) is 18.2 Å².